The maximum atomic E-state index is 12.7. The molecule has 34 heavy (non-hydrogen) atoms. The summed E-state index contributed by atoms with van der Waals surface area (Å²) in [7, 11) is 0. The molecule has 178 valence electrons. The lowest BCUT2D eigenvalue weighted by molar-refractivity contribution is 0.0240. The predicted octanol–water partition coefficient (Wildman–Crippen LogP) is 3.95. The maximum Gasteiger partial charge on any atom is 0.410 e. The minimum absolute atomic E-state index is 0.256. The number of nitrogens with one attached hydrogen (secondary N) is 1. The van der Waals surface area contributed by atoms with Crippen LogP contribution in [0.1, 0.15) is 42.5 Å². The Kier molecular flexibility index (Phi) is 6.37. The quantitative estimate of drug-likeness (QED) is 0.629. The molecule has 0 bridgehead atoms. The van der Waals surface area contributed by atoms with Crippen LogP contribution in [0.5, 0.6) is 0 Å². The average Bonchev–Trinajstić information content (AvgIpc) is 2.79. The van der Waals surface area contributed by atoms with Gasteiger partial charge in [-0.05, 0) is 65.0 Å². The Labute approximate surface area is 199 Å². The zero-order valence-corrected chi connectivity index (χ0v) is 20.3. The molecular weight excluding hydrogens is 432 g/mol. The summed E-state index contributed by atoms with van der Waals surface area (Å²) in [4.78, 5) is 42.3. The SMILES string of the molecule is Cc1nc2ccc(C(=O)Nc3ccc(N4CCN(C(=O)OC(C)(C)C)CC4)cn3)cc2nc1C. The van der Waals surface area contributed by atoms with Gasteiger partial charge in [-0.15, -0.1) is 0 Å². The number of amides is 2. The molecule has 3 heterocycles. The van der Waals surface area contributed by atoms with Gasteiger partial charge in [0.2, 0.25) is 0 Å². The topological polar surface area (TPSA) is 101 Å². The molecule has 3 aromatic rings. The molecule has 9 heteroatoms. The van der Waals surface area contributed by atoms with Gasteiger partial charge < -0.3 is 19.9 Å². The van der Waals surface area contributed by atoms with Crippen molar-refractivity contribution in [2.45, 2.75) is 40.2 Å². The van der Waals surface area contributed by atoms with Crippen LogP contribution in [0.4, 0.5) is 16.3 Å². The third kappa shape index (κ3) is 5.41. The second-order valence-corrected chi connectivity index (χ2v) is 9.41. The molecule has 0 unspecified atom stereocenters. The van der Waals surface area contributed by atoms with Gasteiger partial charge in [0.05, 0.1) is 34.3 Å². The lowest BCUT2D eigenvalue weighted by Crippen LogP contribution is -2.50. The van der Waals surface area contributed by atoms with E-state index in [1.807, 2.05) is 40.7 Å². The molecule has 1 fully saturated rings. The van der Waals surface area contributed by atoms with Crippen molar-refractivity contribution in [3.63, 3.8) is 0 Å². The number of hydrogen-bond donors (Lipinski definition) is 1. The number of carbonyl (C=O) groups excluding carboxylic acids is 2. The summed E-state index contributed by atoms with van der Waals surface area (Å²) >= 11 is 0. The number of hydrogen-bond acceptors (Lipinski definition) is 7. The number of pyridine rings is 1. The normalized spacial score (nSPS) is 14.3. The fourth-order valence-electron chi connectivity index (χ4n) is 3.68. The largest absolute Gasteiger partial charge is 0.444 e. The van der Waals surface area contributed by atoms with E-state index >= 15 is 0 Å². The molecule has 1 aliphatic heterocycles. The minimum Gasteiger partial charge on any atom is -0.444 e. The third-order valence-electron chi connectivity index (χ3n) is 5.62. The van der Waals surface area contributed by atoms with Gasteiger partial charge in [-0.3, -0.25) is 4.79 Å². The summed E-state index contributed by atoms with van der Waals surface area (Å²) < 4.78 is 5.45. The molecule has 0 saturated carbocycles. The van der Waals surface area contributed by atoms with Gasteiger partial charge in [0.1, 0.15) is 11.4 Å². The molecular formula is C25H30N6O3. The van der Waals surface area contributed by atoms with Crippen LogP contribution >= 0.6 is 0 Å². The van der Waals surface area contributed by atoms with Crippen LogP contribution in [0.2, 0.25) is 0 Å². The first-order valence-electron chi connectivity index (χ1n) is 11.3. The molecule has 0 aliphatic carbocycles. The second-order valence-electron chi connectivity index (χ2n) is 9.41. The van der Waals surface area contributed by atoms with E-state index in [9.17, 15) is 9.59 Å². The zero-order chi connectivity index (χ0) is 24.5. The molecule has 1 aliphatic rings. The molecule has 0 atom stereocenters. The van der Waals surface area contributed by atoms with Crippen LogP contribution in [0.25, 0.3) is 11.0 Å². The van der Waals surface area contributed by atoms with Gasteiger partial charge in [0.15, 0.2) is 0 Å². The van der Waals surface area contributed by atoms with Crippen molar-refractivity contribution in [2.24, 2.45) is 0 Å². The monoisotopic (exact) mass is 462 g/mol. The van der Waals surface area contributed by atoms with Crippen LogP contribution in [0.15, 0.2) is 36.5 Å². The number of benzene rings is 1. The van der Waals surface area contributed by atoms with Crippen molar-refractivity contribution in [1.29, 1.82) is 0 Å². The summed E-state index contributed by atoms with van der Waals surface area (Å²) in [6.07, 6.45) is 1.45. The average molecular weight is 463 g/mol. The summed E-state index contributed by atoms with van der Waals surface area (Å²) in [6, 6.07) is 8.98. The fraction of sp³-hybridized carbons (Fsp3) is 0.400. The van der Waals surface area contributed by atoms with E-state index < -0.39 is 5.60 Å². The summed E-state index contributed by atoms with van der Waals surface area (Å²) in [5, 5.41) is 2.84. The first-order chi connectivity index (χ1) is 16.1. The summed E-state index contributed by atoms with van der Waals surface area (Å²) in [6.45, 7) is 11.9. The Bertz CT molecular complexity index is 1210. The maximum absolute atomic E-state index is 12.7. The number of nitrogens with zero attached hydrogens (tertiary/aromatic N) is 5. The fourth-order valence-corrected chi connectivity index (χ4v) is 3.68. The second kappa shape index (κ2) is 9.24. The number of aryl methyl sites for hydroxylation is 2. The molecule has 0 spiro atoms. The number of fused-ring (bicyclic) bond motifs is 1. The zero-order valence-electron chi connectivity index (χ0n) is 20.3. The Morgan fingerprint density at radius 1 is 0.941 bits per heavy atom. The Morgan fingerprint density at radius 3 is 2.24 bits per heavy atom. The molecule has 1 saturated heterocycles. The van der Waals surface area contributed by atoms with E-state index in [4.69, 9.17) is 4.74 Å². The molecule has 1 aromatic carbocycles. The highest BCUT2D eigenvalue weighted by Gasteiger charge is 2.26. The van der Waals surface area contributed by atoms with Crippen LogP contribution in [0, 0.1) is 13.8 Å². The van der Waals surface area contributed by atoms with Crippen molar-refractivity contribution >= 4 is 34.5 Å². The number of rotatable bonds is 3. The summed E-state index contributed by atoms with van der Waals surface area (Å²) in [5.74, 6) is 0.209. The van der Waals surface area contributed by atoms with Crippen LogP contribution in [0.3, 0.4) is 0 Å². The van der Waals surface area contributed by atoms with Crippen LogP contribution < -0.4 is 10.2 Å². The number of aromatic nitrogens is 3. The lowest BCUT2D eigenvalue weighted by atomic mass is 10.1. The van der Waals surface area contributed by atoms with E-state index in [0.717, 1.165) is 22.6 Å². The Morgan fingerprint density at radius 2 is 1.62 bits per heavy atom. The third-order valence-corrected chi connectivity index (χ3v) is 5.62. The van der Waals surface area contributed by atoms with Crippen LogP contribution in [-0.2, 0) is 4.74 Å². The van der Waals surface area contributed by atoms with Gasteiger partial charge >= 0.3 is 6.09 Å². The van der Waals surface area contributed by atoms with Gasteiger partial charge in [0, 0.05) is 31.7 Å². The number of anilines is 2. The van der Waals surface area contributed by atoms with Crippen molar-refractivity contribution < 1.29 is 14.3 Å². The number of piperazine rings is 1. The standard InChI is InChI=1S/C25H30N6O3/c1-16-17(2)28-21-14-18(6-8-20(21)27-16)23(32)29-22-9-7-19(15-26-22)30-10-12-31(13-11-30)24(33)34-25(3,4)5/h6-9,14-15H,10-13H2,1-5H3,(H,26,29,32). The van der Waals surface area contributed by atoms with Crippen LogP contribution in [-0.4, -0.2) is 63.6 Å². The van der Waals surface area contributed by atoms with E-state index in [1.54, 1.807) is 35.4 Å². The van der Waals surface area contributed by atoms with E-state index in [0.29, 0.717) is 43.1 Å². The van der Waals surface area contributed by atoms with Gasteiger partial charge in [-0.25, -0.2) is 19.7 Å². The lowest BCUT2D eigenvalue weighted by Gasteiger charge is -2.36. The Balaban J connectivity index is 1.36. The highest BCUT2D eigenvalue weighted by Crippen LogP contribution is 2.20. The summed E-state index contributed by atoms with van der Waals surface area (Å²) in [5.41, 5.74) is 4.09. The molecule has 9 nitrogen and oxygen atoms in total. The number of ether oxygens (including phenoxy) is 1. The van der Waals surface area contributed by atoms with E-state index in [1.165, 1.54) is 0 Å². The smallest absolute Gasteiger partial charge is 0.410 e. The molecule has 0 radical (unpaired) electrons. The van der Waals surface area contributed by atoms with Gasteiger partial charge in [0.25, 0.3) is 5.91 Å². The van der Waals surface area contributed by atoms with E-state index in [2.05, 4.69) is 25.2 Å². The predicted molar refractivity (Wildman–Crippen MR) is 131 cm³/mol. The minimum atomic E-state index is -0.503. The molecule has 2 amide bonds. The van der Waals surface area contributed by atoms with Crippen molar-refractivity contribution in [1.82, 2.24) is 19.9 Å². The Hall–Kier alpha value is -3.75. The van der Waals surface area contributed by atoms with Crippen molar-refractivity contribution in [3.05, 3.63) is 53.5 Å². The molecule has 2 aromatic heterocycles. The molecule has 4 rings (SSSR count). The van der Waals surface area contributed by atoms with E-state index in [-0.39, 0.29) is 12.0 Å². The van der Waals surface area contributed by atoms with Gasteiger partial charge in [-0.2, -0.15) is 0 Å². The number of carbonyl (C=O) groups is 2. The van der Waals surface area contributed by atoms with Crippen molar-refractivity contribution in [2.75, 3.05) is 36.4 Å². The van der Waals surface area contributed by atoms with Gasteiger partial charge in [-0.1, -0.05) is 0 Å². The first-order valence-corrected chi connectivity index (χ1v) is 11.3. The highest BCUT2D eigenvalue weighted by atomic mass is 16.6. The first kappa shape index (κ1) is 23.4. The molecule has 1 N–H and O–H groups in total. The highest BCUT2D eigenvalue weighted by molar-refractivity contribution is 6.05. The van der Waals surface area contributed by atoms with Crippen molar-refractivity contribution in [3.8, 4) is 0 Å².